The standard InChI is InChI=1S/C13H23N3O/c1-10(2)5-6-11-15-12(17-16-11)9-13(14)7-3-4-8-13/h10H,3-9,14H2,1-2H3. The third-order valence-electron chi connectivity index (χ3n) is 3.56. The predicted octanol–water partition coefficient (Wildman–Crippen LogP) is 2.47. The molecular weight excluding hydrogens is 214 g/mol. The molecule has 4 heteroatoms. The molecule has 0 spiro atoms. The van der Waals surface area contributed by atoms with Crippen molar-refractivity contribution in [1.29, 1.82) is 0 Å². The van der Waals surface area contributed by atoms with Crippen LogP contribution in [-0.4, -0.2) is 15.7 Å². The lowest BCUT2D eigenvalue weighted by atomic mass is 9.95. The van der Waals surface area contributed by atoms with Crippen molar-refractivity contribution in [3.05, 3.63) is 11.7 Å². The van der Waals surface area contributed by atoms with E-state index in [1.807, 2.05) is 0 Å². The molecule has 0 aliphatic heterocycles. The van der Waals surface area contributed by atoms with Crippen LogP contribution in [0.5, 0.6) is 0 Å². The lowest BCUT2D eigenvalue weighted by Crippen LogP contribution is -2.38. The van der Waals surface area contributed by atoms with Gasteiger partial charge in [-0.1, -0.05) is 31.8 Å². The quantitative estimate of drug-likeness (QED) is 0.854. The molecule has 1 aliphatic rings. The summed E-state index contributed by atoms with van der Waals surface area (Å²) in [5.41, 5.74) is 6.20. The molecular formula is C13H23N3O. The Morgan fingerprint density at radius 3 is 2.71 bits per heavy atom. The molecule has 0 aromatic carbocycles. The molecule has 17 heavy (non-hydrogen) atoms. The Morgan fingerprint density at radius 1 is 1.35 bits per heavy atom. The number of aryl methyl sites for hydroxylation is 1. The molecule has 1 saturated carbocycles. The largest absolute Gasteiger partial charge is 0.339 e. The maximum absolute atomic E-state index is 6.29. The Balaban J connectivity index is 1.89. The summed E-state index contributed by atoms with van der Waals surface area (Å²) in [5, 5.41) is 4.02. The highest BCUT2D eigenvalue weighted by molar-refractivity contribution is 4.98. The maximum Gasteiger partial charge on any atom is 0.228 e. The van der Waals surface area contributed by atoms with Crippen molar-refractivity contribution >= 4 is 0 Å². The summed E-state index contributed by atoms with van der Waals surface area (Å²) < 4.78 is 5.28. The van der Waals surface area contributed by atoms with Gasteiger partial charge in [0.15, 0.2) is 5.82 Å². The van der Waals surface area contributed by atoms with Crippen molar-refractivity contribution < 1.29 is 4.52 Å². The molecule has 1 fully saturated rings. The molecule has 0 bridgehead atoms. The van der Waals surface area contributed by atoms with Crippen LogP contribution in [-0.2, 0) is 12.8 Å². The molecule has 96 valence electrons. The first kappa shape index (κ1) is 12.6. The first-order chi connectivity index (χ1) is 8.07. The third-order valence-corrected chi connectivity index (χ3v) is 3.56. The minimum atomic E-state index is -0.0954. The lowest BCUT2D eigenvalue weighted by Gasteiger charge is -2.20. The number of aromatic nitrogens is 2. The van der Waals surface area contributed by atoms with Crippen LogP contribution in [0.25, 0.3) is 0 Å². The van der Waals surface area contributed by atoms with Crippen LogP contribution in [0.1, 0.15) is 57.7 Å². The molecule has 2 rings (SSSR count). The first-order valence-corrected chi connectivity index (χ1v) is 6.68. The maximum atomic E-state index is 6.29. The molecule has 2 N–H and O–H groups in total. The number of nitrogens with two attached hydrogens (primary N) is 1. The summed E-state index contributed by atoms with van der Waals surface area (Å²) in [6.45, 7) is 4.41. The van der Waals surface area contributed by atoms with Crippen molar-refractivity contribution in [2.45, 2.75) is 64.3 Å². The lowest BCUT2D eigenvalue weighted by molar-refractivity contribution is 0.326. The van der Waals surface area contributed by atoms with Crippen molar-refractivity contribution in [2.24, 2.45) is 11.7 Å². The van der Waals surface area contributed by atoms with Gasteiger partial charge in [-0.05, 0) is 25.2 Å². The number of nitrogens with zero attached hydrogens (tertiary/aromatic N) is 2. The van der Waals surface area contributed by atoms with E-state index >= 15 is 0 Å². The van der Waals surface area contributed by atoms with Crippen LogP contribution >= 0.6 is 0 Å². The molecule has 0 atom stereocenters. The average Bonchev–Trinajstić information content (AvgIpc) is 2.85. The van der Waals surface area contributed by atoms with Crippen LogP contribution in [0, 0.1) is 5.92 Å². The van der Waals surface area contributed by atoms with Gasteiger partial charge in [0.1, 0.15) is 0 Å². The molecule has 0 amide bonds. The zero-order valence-electron chi connectivity index (χ0n) is 10.9. The minimum absolute atomic E-state index is 0.0954. The van der Waals surface area contributed by atoms with E-state index in [2.05, 4.69) is 24.0 Å². The van der Waals surface area contributed by atoms with Crippen molar-refractivity contribution in [2.75, 3.05) is 0 Å². The second-order valence-electron chi connectivity index (χ2n) is 5.78. The van der Waals surface area contributed by atoms with Crippen molar-refractivity contribution in [1.82, 2.24) is 10.1 Å². The van der Waals surface area contributed by atoms with Gasteiger partial charge in [0, 0.05) is 18.4 Å². The molecule has 1 heterocycles. The van der Waals surface area contributed by atoms with E-state index in [4.69, 9.17) is 10.3 Å². The van der Waals surface area contributed by atoms with Crippen LogP contribution in [0.2, 0.25) is 0 Å². The van der Waals surface area contributed by atoms with E-state index in [0.29, 0.717) is 11.8 Å². The van der Waals surface area contributed by atoms with E-state index in [0.717, 1.165) is 37.9 Å². The zero-order valence-corrected chi connectivity index (χ0v) is 10.9. The molecule has 0 saturated heterocycles. The monoisotopic (exact) mass is 237 g/mol. The van der Waals surface area contributed by atoms with Gasteiger partial charge in [0.2, 0.25) is 5.89 Å². The van der Waals surface area contributed by atoms with Gasteiger partial charge in [-0.15, -0.1) is 0 Å². The smallest absolute Gasteiger partial charge is 0.228 e. The molecule has 1 aliphatic carbocycles. The van der Waals surface area contributed by atoms with Crippen LogP contribution in [0.3, 0.4) is 0 Å². The fourth-order valence-electron chi connectivity index (χ4n) is 2.44. The molecule has 0 unspecified atom stereocenters. The Hall–Kier alpha value is -0.900. The SMILES string of the molecule is CC(C)CCc1noc(CC2(N)CCCC2)n1. The summed E-state index contributed by atoms with van der Waals surface area (Å²) in [5.74, 6) is 2.22. The van der Waals surface area contributed by atoms with Crippen molar-refractivity contribution in [3.8, 4) is 0 Å². The van der Waals surface area contributed by atoms with E-state index < -0.39 is 0 Å². The van der Waals surface area contributed by atoms with Crippen LogP contribution in [0.15, 0.2) is 4.52 Å². The second kappa shape index (κ2) is 5.17. The highest BCUT2D eigenvalue weighted by Crippen LogP contribution is 2.29. The highest BCUT2D eigenvalue weighted by atomic mass is 16.5. The fraction of sp³-hybridized carbons (Fsp3) is 0.846. The van der Waals surface area contributed by atoms with Gasteiger partial charge in [-0.25, -0.2) is 0 Å². The van der Waals surface area contributed by atoms with Crippen molar-refractivity contribution in [3.63, 3.8) is 0 Å². The topological polar surface area (TPSA) is 64.9 Å². The fourth-order valence-corrected chi connectivity index (χ4v) is 2.44. The number of hydrogen-bond acceptors (Lipinski definition) is 4. The summed E-state index contributed by atoms with van der Waals surface area (Å²) in [6.07, 6.45) is 7.36. The normalized spacial score (nSPS) is 19.1. The molecule has 1 aromatic rings. The third kappa shape index (κ3) is 3.53. The average molecular weight is 237 g/mol. The Kier molecular flexibility index (Phi) is 3.82. The molecule has 1 aromatic heterocycles. The Bertz CT molecular complexity index is 353. The van der Waals surface area contributed by atoms with E-state index in [1.54, 1.807) is 0 Å². The van der Waals surface area contributed by atoms with Gasteiger partial charge < -0.3 is 10.3 Å². The molecule has 4 nitrogen and oxygen atoms in total. The first-order valence-electron chi connectivity index (χ1n) is 6.68. The Morgan fingerprint density at radius 2 is 2.06 bits per heavy atom. The minimum Gasteiger partial charge on any atom is -0.339 e. The van der Waals surface area contributed by atoms with Gasteiger partial charge in [0.25, 0.3) is 0 Å². The van der Waals surface area contributed by atoms with E-state index in [-0.39, 0.29) is 5.54 Å². The second-order valence-corrected chi connectivity index (χ2v) is 5.78. The number of rotatable bonds is 5. The van der Waals surface area contributed by atoms with Crippen LogP contribution < -0.4 is 5.73 Å². The summed E-state index contributed by atoms with van der Waals surface area (Å²) >= 11 is 0. The van der Waals surface area contributed by atoms with Crippen LogP contribution in [0.4, 0.5) is 0 Å². The van der Waals surface area contributed by atoms with Gasteiger partial charge in [0.05, 0.1) is 0 Å². The highest BCUT2D eigenvalue weighted by Gasteiger charge is 2.31. The van der Waals surface area contributed by atoms with E-state index in [9.17, 15) is 0 Å². The number of hydrogen-bond donors (Lipinski definition) is 1. The zero-order chi connectivity index (χ0) is 12.3. The summed E-state index contributed by atoms with van der Waals surface area (Å²) in [6, 6.07) is 0. The van der Waals surface area contributed by atoms with Gasteiger partial charge >= 0.3 is 0 Å². The van der Waals surface area contributed by atoms with Gasteiger partial charge in [-0.3, -0.25) is 0 Å². The predicted molar refractivity (Wildman–Crippen MR) is 66.5 cm³/mol. The van der Waals surface area contributed by atoms with Gasteiger partial charge in [-0.2, -0.15) is 4.98 Å². The Labute approximate surface area is 103 Å². The van der Waals surface area contributed by atoms with E-state index in [1.165, 1.54) is 12.8 Å². The molecule has 0 radical (unpaired) electrons. The summed E-state index contributed by atoms with van der Waals surface area (Å²) in [4.78, 5) is 4.43. The summed E-state index contributed by atoms with van der Waals surface area (Å²) in [7, 11) is 0.